The fourth-order valence-corrected chi connectivity index (χ4v) is 2.74. The zero-order valence-electron chi connectivity index (χ0n) is 13.8. The molecule has 0 saturated heterocycles. The van der Waals surface area contributed by atoms with Crippen molar-refractivity contribution in [1.82, 2.24) is 0 Å². The Kier molecular flexibility index (Phi) is 8.97. The molecule has 1 heterocycles. The molecule has 0 unspecified atom stereocenters. The second-order valence-electron chi connectivity index (χ2n) is 5.54. The van der Waals surface area contributed by atoms with Crippen LogP contribution in [0.2, 0.25) is 0 Å². The number of alkyl halides is 1. The van der Waals surface area contributed by atoms with Gasteiger partial charge in [-0.2, -0.15) is 0 Å². The van der Waals surface area contributed by atoms with Crippen molar-refractivity contribution in [3.63, 3.8) is 0 Å². The van der Waals surface area contributed by atoms with Gasteiger partial charge in [-0.05, 0) is 32.6 Å². The van der Waals surface area contributed by atoms with Crippen LogP contribution in [0, 0.1) is 5.92 Å². The second-order valence-corrected chi connectivity index (χ2v) is 6.34. The van der Waals surface area contributed by atoms with E-state index in [9.17, 15) is 0 Å². The van der Waals surface area contributed by atoms with Crippen LogP contribution in [0.5, 0.6) is 0 Å². The Morgan fingerprint density at radius 1 is 1.00 bits per heavy atom. The summed E-state index contributed by atoms with van der Waals surface area (Å²) in [7, 11) is 0. The van der Waals surface area contributed by atoms with Crippen molar-refractivity contribution in [1.29, 1.82) is 0 Å². The lowest BCUT2D eigenvalue weighted by Gasteiger charge is -2.28. The Balaban J connectivity index is 2.78. The molecule has 5 heteroatoms. The number of hydrogen-bond acceptors (Lipinski definition) is 4. The molecule has 0 radical (unpaired) electrons. The van der Waals surface area contributed by atoms with Crippen LogP contribution in [-0.4, -0.2) is 42.4 Å². The van der Waals surface area contributed by atoms with Crippen molar-refractivity contribution in [2.75, 3.05) is 18.5 Å². The average molecular weight is 361 g/mol. The Bertz CT molecular complexity index is 356. The summed E-state index contributed by atoms with van der Waals surface area (Å²) in [6.07, 6.45) is 4.52. The minimum Gasteiger partial charge on any atom is -0.480 e. The first-order chi connectivity index (χ1) is 10.1. The standard InChI is InChI=1S/C16H29BrN2O2/c1-5-20-15-13(10-8-7-9-11-17)18-16(21-6-2)14(19-15)12(3)4/h12-14H,5-11H2,1-4H3/t13-,14+/m1/s1. The van der Waals surface area contributed by atoms with Crippen molar-refractivity contribution < 1.29 is 9.47 Å². The molecule has 0 fully saturated rings. The van der Waals surface area contributed by atoms with Gasteiger partial charge in [0.1, 0.15) is 12.1 Å². The van der Waals surface area contributed by atoms with Crippen LogP contribution in [0.25, 0.3) is 0 Å². The Morgan fingerprint density at radius 3 is 2.24 bits per heavy atom. The molecule has 122 valence electrons. The van der Waals surface area contributed by atoms with Gasteiger partial charge in [-0.3, -0.25) is 0 Å². The first-order valence-corrected chi connectivity index (χ1v) is 9.23. The van der Waals surface area contributed by atoms with Gasteiger partial charge in [-0.25, -0.2) is 9.98 Å². The van der Waals surface area contributed by atoms with E-state index in [1.807, 2.05) is 13.8 Å². The third kappa shape index (κ3) is 5.97. The van der Waals surface area contributed by atoms with Gasteiger partial charge in [0.2, 0.25) is 11.8 Å². The SMILES string of the molecule is CCOC1=N[C@H](CCCCCBr)C(OCC)=N[C@H]1C(C)C. The minimum atomic E-state index is -0.00899. The lowest BCUT2D eigenvalue weighted by molar-refractivity contribution is 0.273. The van der Waals surface area contributed by atoms with Crippen molar-refractivity contribution in [3.05, 3.63) is 0 Å². The number of halogens is 1. The Hall–Kier alpha value is -0.580. The molecule has 0 bridgehead atoms. The first kappa shape index (κ1) is 18.5. The molecule has 0 saturated carbocycles. The molecule has 0 aromatic rings. The minimum absolute atomic E-state index is 0.00899. The Morgan fingerprint density at radius 2 is 1.67 bits per heavy atom. The molecule has 1 aliphatic heterocycles. The Labute approximate surface area is 137 Å². The highest BCUT2D eigenvalue weighted by Gasteiger charge is 2.31. The number of unbranched alkanes of at least 4 members (excludes halogenated alkanes) is 2. The molecule has 1 aliphatic rings. The summed E-state index contributed by atoms with van der Waals surface area (Å²) >= 11 is 3.47. The quantitative estimate of drug-likeness (QED) is 0.480. The van der Waals surface area contributed by atoms with Crippen molar-refractivity contribution in [2.45, 2.75) is 65.5 Å². The summed E-state index contributed by atoms with van der Waals surface area (Å²) in [6, 6.07) is 0.0158. The lowest BCUT2D eigenvalue weighted by Crippen LogP contribution is -2.38. The molecule has 0 aliphatic carbocycles. The highest BCUT2D eigenvalue weighted by atomic mass is 79.9. The maximum Gasteiger partial charge on any atom is 0.210 e. The van der Waals surface area contributed by atoms with E-state index in [0.717, 1.165) is 30.0 Å². The monoisotopic (exact) mass is 360 g/mol. The van der Waals surface area contributed by atoms with Gasteiger partial charge >= 0.3 is 0 Å². The maximum atomic E-state index is 5.74. The number of rotatable bonds is 8. The lowest BCUT2D eigenvalue weighted by atomic mass is 10.0. The summed E-state index contributed by atoms with van der Waals surface area (Å²) in [5.74, 6) is 1.93. The summed E-state index contributed by atoms with van der Waals surface area (Å²) in [4.78, 5) is 9.58. The third-order valence-electron chi connectivity index (χ3n) is 3.41. The average Bonchev–Trinajstić information content (AvgIpc) is 2.46. The van der Waals surface area contributed by atoms with E-state index in [2.05, 4.69) is 29.8 Å². The van der Waals surface area contributed by atoms with Gasteiger partial charge < -0.3 is 9.47 Å². The van der Waals surface area contributed by atoms with Gasteiger partial charge in [0, 0.05) is 5.33 Å². The molecule has 0 aromatic heterocycles. The van der Waals surface area contributed by atoms with E-state index in [0.29, 0.717) is 19.1 Å². The predicted molar refractivity (Wildman–Crippen MR) is 92.8 cm³/mol. The largest absolute Gasteiger partial charge is 0.480 e. The molecule has 2 atom stereocenters. The molecule has 0 spiro atoms. The zero-order valence-corrected chi connectivity index (χ0v) is 15.4. The van der Waals surface area contributed by atoms with E-state index in [1.165, 1.54) is 12.8 Å². The summed E-state index contributed by atoms with van der Waals surface area (Å²) in [6.45, 7) is 9.55. The first-order valence-electron chi connectivity index (χ1n) is 8.10. The smallest absolute Gasteiger partial charge is 0.210 e. The number of hydrogen-bond donors (Lipinski definition) is 0. The molecule has 1 rings (SSSR count). The van der Waals surface area contributed by atoms with E-state index in [-0.39, 0.29) is 12.1 Å². The van der Waals surface area contributed by atoms with Crippen molar-refractivity contribution in [3.8, 4) is 0 Å². The van der Waals surface area contributed by atoms with Gasteiger partial charge in [-0.1, -0.05) is 42.6 Å². The van der Waals surface area contributed by atoms with E-state index in [1.54, 1.807) is 0 Å². The van der Waals surface area contributed by atoms with Crippen LogP contribution < -0.4 is 0 Å². The fraction of sp³-hybridized carbons (Fsp3) is 0.875. The second kappa shape index (κ2) is 10.2. The van der Waals surface area contributed by atoms with E-state index >= 15 is 0 Å². The van der Waals surface area contributed by atoms with Crippen LogP contribution in [0.4, 0.5) is 0 Å². The molecule has 0 amide bonds. The van der Waals surface area contributed by atoms with Crippen molar-refractivity contribution >= 4 is 27.7 Å². The predicted octanol–water partition coefficient (Wildman–Crippen LogP) is 4.22. The van der Waals surface area contributed by atoms with Crippen LogP contribution >= 0.6 is 15.9 Å². The van der Waals surface area contributed by atoms with Gasteiger partial charge in [0.15, 0.2) is 0 Å². The fourth-order valence-electron chi connectivity index (χ4n) is 2.35. The van der Waals surface area contributed by atoms with Crippen molar-refractivity contribution in [2.24, 2.45) is 15.9 Å². The van der Waals surface area contributed by atoms with E-state index in [4.69, 9.17) is 19.5 Å². The van der Waals surface area contributed by atoms with Crippen LogP contribution in [0.3, 0.4) is 0 Å². The molecule has 0 aromatic carbocycles. The highest BCUT2D eigenvalue weighted by Crippen LogP contribution is 2.21. The number of ether oxygens (including phenoxy) is 2. The summed E-state index contributed by atoms with van der Waals surface area (Å²) in [5.41, 5.74) is 0. The summed E-state index contributed by atoms with van der Waals surface area (Å²) < 4.78 is 11.5. The summed E-state index contributed by atoms with van der Waals surface area (Å²) in [5, 5.41) is 1.06. The third-order valence-corrected chi connectivity index (χ3v) is 3.98. The molecular formula is C16H29BrN2O2. The molecule has 21 heavy (non-hydrogen) atoms. The number of aliphatic imine (C=N–C) groups is 2. The van der Waals surface area contributed by atoms with Crippen LogP contribution in [0.1, 0.15) is 53.4 Å². The normalized spacial score (nSPS) is 22.0. The topological polar surface area (TPSA) is 43.2 Å². The molecular weight excluding hydrogens is 332 g/mol. The van der Waals surface area contributed by atoms with Gasteiger partial charge in [-0.15, -0.1) is 0 Å². The van der Waals surface area contributed by atoms with Gasteiger partial charge in [0.25, 0.3) is 0 Å². The zero-order chi connectivity index (χ0) is 15.7. The van der Waals surface area contributed by atoms with Gasteiger partial charge in [0.05, 0.1) is 13.2 Å². The van der Waals surface area contributed by atoms with Crippen LogP contribution in [0.15, 0.2) is 9.98 Å². The number of nitrogens with zero attached hydrogens (tertiary/aromatic N) is 2. The van der Waals surface area contributed by atoms with Crippen LogP contribution in [-0.2, 0) is 9.47 Å². The highest BCUT2D eigenvalue weighted by molar-refractivity contribution is 9.09. The maximum absolute atomic E-state index is 5.74. The van der Waals surface area contributed by atoms with E-state index < -0.39 is 0 Å². The molecule has 4 nitrogen and oxygen atoms in total. The molecule has 0 N–H and O–H groups in total.